The summed E-state index contributed by atoms with van der Waals surface area (Å²) in [7, 11) is 0. The normalized spacial score (nSPS) is 11.2. The standard InChI is InChI=1S/C15H10Cl2F2N2/c16-7-6-14-20-11-5-4-9(17)8-13(11)21(14)12-3-1-2-10(18)15(12)19/h1-5,8H,6-7H2. The van der Waals surface area contributed by atoms with Crippen LogP contribution < -0.4 is 0 Å². The summed E-state index contributed by atoms with van der Waals surface area (Å²) in [5.74, 6) is -0.943. The number of halogens is 4. The first-order valence-corrected chi connectivity index (χ1v) is 7.20. The Balaban J connectivity index is 2.35. The van der Waals surface area contributed by atoms with Crippen LogP contribution in [-0.2, 0) is 6.42 Å². The first-order chi connectivity index (χ1) is 10.1. The Hall–Kier alpha value is -1.65. The molecule has 1 aromatic heterocycles. The van der Waals surface area contributed by atoms with E-state index in [-0.39, 0.29) is 5.69 Å². The lowest BCUT2D eigenvalue weighted by molar-refractivity contribution is 0.504. The maximum atomic E-state index is 14.1. The number of imidazole rings is 1. The Bertz CT molecular complexity index is 815. The van der Waals surface area contributed by atoms with Crippen LogP contribution in [0.3, 0.4) is 0 Å². The average Bonchev–Trinajstić information content (AvgIpc) is 2.80. The Morgan fingerprint density at radius 1 is 1.14 bits per heavy atom. The summed E-state index contributed by atoms with van der Waals surface area (Å²) in [6.45, 7) is 0. The van der Waals surface area contributed by atoms with Gasteiger partial charge in [-0.3, -0.25) is 4.57 Å². The zero-order chi connectivity index (χ0) is 15.0. The number of fused-ring (bicyclic) bond motifs is 1. The molecule has 0 radical (unpaired) electrons. The van der Waals surface area contributed by atoms with Crippen LogP contribution in [0.4, 0.5) is 8.78 Å². The van der Waals surface area contributed by atoms with Crippen LogP contribution in [0.1, 0.15) is 5.82 Å². The van der Waals surface area contributed by atoms with E-state index in [1.165, 1.54) is 12.1 Å². The topological polar surface area (TPSA) is 17.8 Å². The number of aromatic nitrogens is 2. The van der Waals surface area contributed by atoms with Gasteiger partial charge >= 0.3 is 0 Å². The third-order valence-electron chi connectivity index (χ3n) is 3.18. The van der Waals surface area contributed by atoms with Crippen molar-refractivity contribution in [2.75, 3.05) is 5.88 Å². The minimum absolute atomic E-state index is 0.0971. The third kappa shape index (κ3) is 2.49. The molecule has 0 aliphatic carbocycles. The Kier molecular flexibility index (Phi) is 3.83. The lowest BCUT2D eigenvalue weighted by atomic mass is 10.2. The van der Waals surface area contributed by atoms with Gasteiger partial charge in [0, 0.05) is 17.3 Å². The zero-order valence-electron chi connectivity index (χ0n) is 10.8. The Morgan fingerprint density at radius 3 is 2.71 bits per heavy atom. The van der Waals surface area contributed by atoms with Crippen molar-refractivity contribution in [3.05, 3.63) is 58.9 Å². The van der Waals surface area contributed by atoms with Crippen LogP contribution in [-0.4, -0.2) is 15.4 Å². The molecule has 2 aromatic carbocycles. The molecule has 0 aliphatic rings. The van der Waals surface area contributed by atoms with E-state index in [4.69, 9.17) is 23.2 Å². The second kappa shape index (κ2) is 5.62. The SMILES string of the molecule is Fc1cccc(-n2c(CCCl)nc3ccc(Cl)cc32)c1F. The highest BCUT2D eigenvalue weighted by molar-refractivity contribution is 6.31. The molecule has 6 heteroatoms. The summed E-state index contributed by atoms with van der Waals surface area (Å²) < 4.78 is 29.2. The molecule has 21 heavy (non-hydrogen) atoms. The molecule has 0 fully saturated rings. The van der Waals surface area contributed by atoms with Crippen LogP contribution >= 0.6 is 23.2 Å². The number of hydrogen-bond donors (Lipinski definition) is 0. The quantitative estimate of drug-likeness (QED) is 0.636. The van der Waals surface area contributed by atoms with Crippen molar-refractivity contribution >= 4 is 34.2 Å². The highest BCUT2D eigenvalue weighted by Gasteiger charge is 2.17. The van der Waals surface area contributed by atoms with Crippen molar-refractivity contribution in [1.29, 1.82) is 0 Å². The minimum atomic E-state index is -0.924. The number of nitrogens with zero attached hydrogens (tertiary/aromatic N) is 2. The van der Waals surface area contributed by atoms with E-state index in [0.717, 1.165) is 6.07 Å². The molecule has 1 heterocycles. The summed E-state index contributed by atoms with van der Waals surface area (Å²) in [6, 6.07) is 9.14. The second-order valence-electron chi connectivity index (χ2n) is 4.51. The van der Waals surface area contributed by atoms with Gasteiger partial charge in [0.2, 0.25) is 0 Å². The smallest absolute Gasteiger partial charge is 0.182 e. The van der Waals surface area contributed by atoms with Gasteiger partial charge in [-0.05, 0) is 30.3 Å². The van der Waals surface area contributed by atoms with Gasteiger partial charge in [-0.1, -0.05) is 17.7 Å². The number of alkyl halides is 1. The average molecular weight is 327 g/mol. The van der Waals surface area contributed by atoms with Crippen LogP contribution in [0.25, 0.3) is 16.7 Å². The molecule has 0 N–H and O–H groups in total. The van der Waals surface area contributed by atoms with Crippen molar-refractivity contribution in [1.82, 2.24) is 9.55 Å². The fourth-order valence-electron chi connectivity index (χ4n) is 2.28. The first-order valence-electron chi connectivity index (χ1n) is 6.29. The van der Waals surface area contributed by atoms with Gasteiger partial charge in [-0.2, -0.15) is 0 Å². The molecular weight excluding hydrogens is 317 g/mol. The van der Waals surface area contributed by atoms with Crippen LogP contribution in [0, 0.1) is 11.6 Å². The van der Waals surface area contributed by atoms with E-state index in [1.807, 2.05) is 0 Å². The van der Waals surface area contributed by atoms with E-state index >= 15 is 0 Å². The van der Waals surface area contributed by atoms with E-state index in [9.17, 15) is 8.78 Å². The summed E-state index contributed by atoms with van der Waals surface area (Å²) >= 11 is 11.8. The fraction of sp³-hybridized carbons (Fsp3) is 0.133. The van der Waals surface area contributed by atoms with Crippen molar-refractivity contribution < 1.29 is 8.78 Å². The lowest BCUT2D eigenvalue weighted by Crippen LogP contribution is -2.05. The Labute approximate surface area is 129 Å². The molecule has 0 saturated carbocycles. The number of aryl methyl sites for hydroxylation is 1. The van der Waals surface area contributed by atoms with E-state index in [0.29, 0.717) is 34.2 Å². The molecule has 2 nitrogen and oxygen atoms in total. The minimum Gasteiger partial charge on any atom is -0.293 e. The van der Waals surface area contributed by atoms with Crippen molar-refractivity contribution in [2.24, 2.45) is 0 Å². The number of benzene rings is 2. The van der Waals surface area contributed by atoms with Gasteiger partial charge in [-0.25, -0.2) is 13.8 Å². The van der Waals surface area contributed by atoms with Gasteiger partial charge in [0.15, 0.2) is 11.6 Å². The largest absolute Gasteiger partial charge is 0.293 e. The van der Waals surface area contributed by atoms with Gasteiger partial charge in [0.25, 0.3) is 0 Å². The summed E-state index contributed by atoms with van der Waals surface area (Å²) in [6.07, 6.45) is 0.434. The molecule has 108 valence electrons. The first kappa shape index (κ1) is 14.3. The molecule has 0 spiro atoms. The van der Waals surface area contributed by atoms with Crippen LogP contribution in [0.2, 0.25) is 5.02 Å². The van der Waals surface area contributed by atoms with Gasteiger partial charge in [0.1, 0.15) is 5.82 Å². The molecule has 3 aromatic rings. The summed E-state index contributed by atoms with van der Waals surface area (Å²) in [5, 5.41) is 0.498. The van der Waals surface area contributed by atoms with Crippen molar-refractivity contribution in [2.45, 2.75) is 6.42 Å². The molecule has 0 saturated heterocycles. The van der Waals surface area contributed by atoms with Crippen LogP contribution in [0.15, 0.2) is 36.4 Å². The van der Waals surface area contributed by atoms with Gasteiger partial charge < -0.3 is 0 Å². The van der Waals surface area contributed by atoms with Gasteiger partial charge in [0.05, 0.1) is 16.7 Å². The molecule has 0 bridgehead atoms. The maximum absolute atomic E-state index is 14.1. The zero-order valence-corrected chi connectivity index (χ0v) is 12.3. The molecule has 3 rings (SSSR count). The van der Waals surface area contributed by atoms with Crippen LogP contribution in [0.5, 0.6) is 0 Å². The van der Waals surface area contributed by atoms with Crippen molar-refractivity contribution in [3.63, 3.8) is 0 Å². The van der Waals surface area contributed by atoms with Crippen molar-refractivity contribution in [3.8, 4) is 5.69 Å². The van der Waals surface area contributed by atoms with E-state index in [2.05, 4.69) is 4.98 Å². The maximum Gasteiger partial charge on any atom is 0.182 e. The number of rotatable bonds is 3. The lowest BCUT2D eigenvalue weighted by Gasteiger charge is -2.10. The molecule has 0 aliphatic heterocycles. The highest BCUT2D eigenvalue weighted by atomic mass is 35.5. The molecule has 0 amide bonds. The third-order valence-corrected chi connectivity index (χ3v) is 3.60. The van der Waals surface area contributed by atoms with Gasteiger partial charge in [-0.15, -0.1) is 11.6 Å². The molecule has 0 atom stereocenters. The van der Waals surface area contributed by atoms with E-state index < -0.39 is 11.6 Å². The molecular formula is C15H10Cl2F2N2. The number of hydrogen-bond acceptors (Lipinski definition) is 1. The van der Waals surface area contributed by atoms with E-state index in [1.54, 1.807) is 22.8 Å². The monoisotopic (exact) mass is 326 g/mol. The predicted octanol–water partition coefficient (Wildman–Crippen LogP) is 4.74. The predicted molar refractivity (Wildman–Crippen MR) is 80.4 cm³/mol. The highest BCUT2D eigenvalue weighted by Crippen LogP contribution is 2.27. The second-order valence-corrected chi connectivity index (χ2v) is 5.32. The summed E-state index contributed by atoms with van der Waals surface area (Å²) in [5.41, 5.74) is 1.37. The Morgan fingerprint density at radius 2 is 1.95 bits per heavy atom. The fourth-order valence-corrected chi connectivity index (χ4v) is 2.62. The summed E-state index contributed by atoms with van der Waals surface area (Å²) in [4.78, 5) is 4.42. The molecule has 0 unspecified atom stereocenters.